The van der Waals surface area contributed by atoms with E-state index in [-0.39, 0.29) is 0 Å². The third kappa shape index (κ3) is 1.48. The molecule has 0 spiro atoms. The quantitative estimate of drug-likeness (QED) is 0.642. The average molecular weight is 175 g/mol. The molecule has 2 aromatic rings. The first-order chi connectivity index (χ1) is 6.25. The number of aryl methyl sites for hydroxylation is 1. The Hall–Kier alpha value is -1.91. The fourth-order valence-corrected chi connectivity index (χ4v) is 1.20. The van der Waals surface area contributed by atoms with Crippen LogP contribution < -0.4 is 5.73 Å². The first kappa shape index (κ1) is 7.72. The molecule has 5 nitrogen and oxygen atoms in total. The number of nitrogens with two attached hydrogens (primary N) is 1. The van der Waals surface area contributed by atoms with Gasteiger partial charge in [0, 0.05) is 5.69 Å². The summed E-state index contributed by atoms with van der Waals surface area (Å²) in [5.74, 6) is 0. The SMILES string of the molecule is Cc1cc(N)cc(-n2cnnn2)c1. The molecule has 13 heavy (non-hydrogen) atoms. The van der Waals surface area contributed by atoms with Crippen LogP contribution in [0.3, 0.4) is 0 Å². The highest BCUT2D eigenvalue weighted by Gasteiger charge is 1.99. The average Bonchev–Trinajstić information content (AvgIpc) is 2.53. The fraction of sp³-hybridized carbons (Fsp3) is 0.125. The minimum atomic E-state index is 0.713. The van der Waals surface area contributed by atoms with Crippen molar-refractivity contribution in [2.24, 2.45) is 0 Å². The van der Waals surface area contributed by atoms with Crippen LogP contribution in [0.1, 0.15) is 5.56 Å². The molecule has 0 saturated carbocycles. The molecule has 0 atom stereocenters. The lowest BCUT2D eigenvalue weighted by molar-refractivity contribution is 0.789. The van der Waals surface area contributed by atoms with Crippen molar-refractivity contribution in [3.05, 3.63) is 30.1 Å². The van der Waals surface area contributed by atoms with E-state index < -0.39 is 0 Å². The molecule has 0 amide bonds. The fourth-order valence-electron chi connectivity index (χ4n) is 1.20. The second-order valence-corrected chi connectivity index (χ2v) is 2.86. The van der Waals surface area contributed by atoms with Crippen molar-refractivity contribution in [1.29, 1.82) is 0 Å². The zero-order valence-electron chi connectivity index (χ0n) is 7.18. The molecule has 0 aliphatic heterocycles. The molecule has 1 aromatic carbocycles. The molecule has 0 aliphatic rings. The molecule has 0 fully saturated rings. The smallest absolute Gasteiger partial charge is 0.143 e. The third-order valence-electron chi connectivity index (χ3n) is 1.70. The van der Waals surface area contributed by atoms with E-state index in [1.54, 1.807) is 4.68 Å². The minimum Gasteiger partial charge on any atom is -0.399 e. The molecule has 0 radical (unpaired) electrons. The van der Waals surface area contributed by atoms with E-state index in [9.17, 15) is 0 Å². The minimum absolute atomic E-state index is 0.713. The van der Waals surface area contributed by atoms with Gasteiger partial charge in [-0.05, 0) is 41.1 Å². The zero-order valence-corrected chi connectivity index (χ0v) is 7.18. The van der Waals surface area contributed by atoms with E-state index in [0.29, 0.717) is 5.69 Å². The Balaban J connectivity index is 2.53. The van der Waals surface area contributed by atoms with E-state index in [2.05, 4.69) is 15.5 Å². The van der Waals surface area contributed by atoms with E-state index in [1.165, 1.54) is 6.33 Å². The number of nitrogens with zero attached hydrogens (tertiary/aromatic N) is 4. The molecule has 1 aromatic heterocycles. The number of hydrogen-bond acceptors (Lipinski definition) is 4. The van der Waals surface area contributed by atoms with Gasteiger partial charge in [0.05, 0.1) is 5.69 Å². The Morgan fingerprint density at radius 3 is 2.77 bits per heavy atom. The summed E-state index contributed by atoms with van der Waals surface area (Å²) in [6, 6.07) is 5.68. The van der Waals surface area contributed by atoms with Gasteiger partial charge in [0.2, 0.25) is 0 Å². The summed E-state index contributed by atoms with van der Waals surface area (Å²) in [6.45, 7) is 1.98. The molecule has 2 rings (SSSR count). The van der Waals surface area contributed by atoms with Crippen LogP contribution in [0.25, 0.3) is 5.69 Å². The monoisotopic (exact) mass is 175 g/mol. The molecule has 0 unspecified atom stereocenters. The molecular formula is C8H9N5. The van der Waals surface area contributed by atoms with Gasteiger partial charge in [-0.15, -0.1) is 5.10 Å². The first-order valence-electron chi connectivity index (χ1n) is 3.86. The summed E-state index contributed by atoms with van der Waals surface area (Å²) in [5, 5.41) is 10.9. The van der Waals surface area contributed by atoms with Crippen molar-refractivity contribution in [3.63, 3.8) is 0 Å². The van der Waals surface area contributed by atoms with Gasteiger partial charge in [-0.3, -0.25) is 0 Å². The van der Waals surface area contributed by atoms with Gasteiger partial charge in [-0.1, -0.05) is 0 Å². The van der Waals surface area contributed by atoms with Crippen LogP contribution in [0.5, 0.6) is 0 Å². The maximum atomic E-state index is 5.68. The Labute approximate surface area is 75.2 Å². The molecular weight excluding hydrogens is 166 g/mol. The van der Waals surface area contributed by atoms with Crippen LogP contribution in [0.2, 0.25) is 0 Å². The van der Waals surface area contributed by atoms with Crippen LogP contribution >= 0.6 is 0 Å². The molecule has 0 bridgehead atoms. The van der Waals surface area contributed by atoms with Crippen LogP contribution in [0, 0.1) is 6.92 Å². The summed E-state index contributed by atoms with van der Waals surface area (Å²) >= 11 is 0. The van der Waals surface area contributed by atoms with E-state index >= 15 is 0 Å². The molecule has 0 saturated heterocycles. The Bertz CT molecular complexity index is 386. The summed E-state index contributed by atoms with van der Waals surface area (Å²) in [7, 11) is 0. The van der Waals surface area contributed by atoms with Gasteiger partial charge >= 0.3 is 0 Å². The zero-order chi connectivity index (χ0) is 9.26. The maximum Gasteiger partial charge on any atom is 0.143 e. The van der Waals surface area contributed by atoms with E-state index in [1.807, 2.05) is 25.1 Å². The number of nitrogen functional groups attached to an aromatic ring is 1. The lowest BCUT2D eigenvalue weighted by Crippen LogP contribution is -1.97. The van der Waals surface area contributed by atoms with Crippen LogP contribution in [0.4, 0.5) is 5.69 Å². The van der Waals surface area contributed by atoms with Crippen molar-refractivity contribution >= 4 is 5.69 Å². The molecule has 5 heteroatoms. The number of tetrazole rings is 1. The highest BCUT2D eigenvalue weighted by molar-refractivity contribution is 5.50. The summed E-state index contributed by atoms with van der Waals surface area (Å²) in [6.07, 6.45) is 1.54. The highest BCUT2D eigenvalue weighted by atomic mass is 15.5. The topological polar surface area (TPSA) is 69.6 Å². The number of rotatable bonds is 1. The van der Waals surface area contributed by atoms with Gasteiger partial charge in [0.1, 0.15) is 6.33 Å². The second kappa shape index (κ2) is 2.85. The molecule has 1 heterocycles. The molecule has 2 N–H and O–H groups in total. The van der Waals surface area contributed by atoms with Crippen molar-refractivity contribution in [1.82, 2.24) is 20.2 Å². The number of anilines is 1. The summed E-state index contributed by atoms with van der Waals surface area (Å²) in [4.78, 5) is 0. The normalized spacial score (nSPS) is 10.2. The van der Waals surface area contributed by atoms with Gasteiger partial charge < -0.3 is 5.73 Å². The summed E-state index contributed by atoms with van der Waals surface area (Å²) in [5.41, 5.74) is 8.36. The van der Waals surface area contributed by atoms with Gasteiger partial charge in [-0.2, -0.15) is 0 Å². The standard InChI is InChI=1S/C8H9N5/c1-6-2-7(9)4-8(3-6)13-5-10-11-12-13/h2-5H,9H2,1H3. The predicted octanol–water partition coefficient (Wildman–Crippen LogP) is 0.553. The largest absolute Gasteiger partial charge is 0.399 e. The number of benzene rings is 1. The van der Waals surface area contributed by atoms with Gasteiger partial charge in [0.15, 0.2) is 0 Å². The summed E-state index contributed by atoms with van der Waals surface area (Å²) < 4.78 is 1.57. The Morgan fingerprint density at radius 2 is 2.15 bits per heavy atom. The van der Waals surface area contributed by atoms with Gasteiger partial charge in [-0.25, -0.2) is 4.68 Å². The second-order valence-electron chi connectivity index (χ2n) is 2.86. The first-order valence-corrected chi connectivity index (χ1v) is 3.86. The lowest BCUT2D eigenvalue weighted by atomic mass is 10.2. The van der Waals surface area contributed by atoms with Crippen molar-refractivity contribution in [2.75, 3.05) is 5.73 Å². The van der Waals surface area contributed by atoms with E-state index in [4.69, 9.17) is 5.73 Å². The van der Waals surface area contributed by atoms with Crippen molar-refractivity contribution in [2.45, 2.75) is 6.92 Å². The Kier molecular flexibility index (Phi) is 1.70. The third-order valence-corrected chi connectivity index (χ3v) is 1.70. The lowest BCUT2D eigenvalue weighted by Gasteiger charge is -2.02. The van der Waals surface area contributed by atoms with Crippen LogP contribution in [0.15, 0.2) is 24.5 Å². The number of hydrogen-bond donors (Lipinski definition) is 1. The van der Waals surface area contributed by atoms with Crippen molar-refractivity contribution in [3.8, 4) is 5.69 Å². The highest BCUT2D eigenvalue weighted by Crippen LogP contribution is 2.13. The van der Waals surface area contributed by atoms with Crippen molar-refractivity contribution < 1.29 is 0 Å². The van der Waals surface area contributed by atoms with E-state index in [0.717, 1.165) is 11.3 Å². The Morgan fingerprint density at radius 1 is 1.31 bits per heavy atom. The molecule has 66 valence electrons. The van der Waals surface area contributed by atoms with Gasteiger partial charge in [0.25, 0.3) is 0 Å². The van der Waals surface area contributed by atoms with Crippen LogP contribution in [-0.4, -0.2) is 20.2 Å². The molecule has 0 aliphatic carbocycles. The maximum absolute atomic E-state index is 5.68. The van der Waals surface area contributed by atoms with Crippen LogP contribution in [-0.2, 0) is 0 Å². The number of aromatic nitrogens is 4. The predicted molar refractivity (Wildman–Crippen MR) is 48.3 cm³/mol.